The lowest BCUT2D eigenvalue weighted by atomic mass is 10.1. The highest BCUT2D eigenvalue weighted by Crippen LogP contribution is 2.38. The Morgan fingerprint density at radius 3 is 1.93 bits per heavy atom. The van der Waals surface area contributed by atoms with Crippen molar-refractivity contribution in [2.24, 2.45) is 0 Å². The number of hydrogen-bond acceptors (Lipinski definition) is 7. The molecule has 10 heteroatoms. The Balaban J connectivity index is 1.54. The lowest BCUT2D eigenvalue weighted by molar-refractivity contribution is 0.296. The van der Waals surface area contributed by atoms with Gasteiger partial charge in [-0.3, -0.25) is 9.36 Å². The number of phenolic OH excluding ortho intramolecular Hbond substituents is 1. The fourth-order valence-electron chi connectivity index (χ4n) is 3.99. The lowest BCUT2D eigenvalue weighted by Crippen LogP contribution is -2.10. The second kappa shape index (κ2) is 11.7. The summed E-state index contributed by atoms with van der Waals surface area (Å²) in [6.45, 7) is 0.323. The minimum atomic E-state index is -4.35. The first-order valence-corrected chi connectivity index (χ1v) is 14.0. The zero-order valence-corrected chi connectivity index (χ0v) is 22.0. The van der Waals surface area contributed by atoms with Gasteiger partial charge in [0.15, 0.2) is 12.1 Å². The molecule has 9 nitrogen and oxygen atoms in total. The number of fused-ring (bicyclic) bond motifs is 1. The molecule has 0 radical (unpaired) electrons. The Labute approximate surface area is 229 Å². The van der Waals surface area contributed by atoms with Crippen molar-refractivity contribution >= 4 is 18.6 Å². The maximum absolute atomic E-state index is 13.6. The predicted molar refractivity (Wildman–Crippen MR) is 149 cm³/mol. The number of ether oxygens (including phenoxy) is 3. The van der Waals surface area contributed by atoms with Gasteiger partial charge in [-0.05, 0) is 35.4 Å². The molecule has 4 aromatic carbocycles. The molecule has 0 saturated heterocycles. The maximum Gasteiger partial charge on any atom is 0.362 e. The van der Waals surface area contributed by atoms with E-state index in [2.05, 4.69) is 0 Å². The maximum atomic E-state index is 13.6. The molecule has 0 amide bonds. The Hall–Kier alpha value is -4.56. The van der Waals surface area contributed by atoms with Gasteiger partial charge in [0, 0.05) is 17.7 Å². The van der Waals surface area contributed by atoms with E-state index in [4.69, 9.17) is 28.4 Å². The van der Waals surface area contributed by atoms with Crippen molar-refractivity contribution in [2.75, 3.05) is 6.35 Å². The molecular weight excluding hydrogens is 535 g/mol. The average Bonchev–Trinajstić information content (AvgIpc) is 2.95. The van der Waals surface area contributed by atoms with Crippen LogP contribution < -0.4 is 19.6 Å². The van der Waals surface area contributed by atoms with Crippen molar-refractivity contribution in [1.29, 1.82) is 0 Å². The van der Waals surface area contributed by atoms with E-state index in [-0.39, 0.29) is 47.2 Å². The lowest BCUT2D eigenvalue weighted by Gasteiger charge is -2.14. The predicted octanol–water partition coefficient (Wildman–Crippen LogP) is 5.84. The number of aromatic hydroxyl groups is 1. The molecule has 0 aliphatic rings. The van der Waals surface area contributed by atoms with E-state index in [1.54, 1.807) is 12.1 Å². The second-order valence-electron chi connectivity index (χ2n) is 8.92. The summed E-state index contributed by atoms with van der Waals surface area (Å²) >= 11 is 0. The van der Waals surface area contributed by atoms with Crippen LogP contribution in [0.15, 0.2) is 106 Å². The van der Waals surface area contributed by atoms with Crippen LogP contribution in [0.1, 0.15) is 11.1 Å². The van der Waals surface area contributed by atoms with E-state index in [0.717, 1.165) is 11.1 Å². The summed E-state index contributed by atoms with van der Waals surface area (Å²) in [7, 11) is -4.35. The van der Waals surface area contributed by atoms with Crippen LogP contribution >= 0.6 is 7.60 Å². The van der Waals surface area contributed by atoms with Crippen LogP contribution in [0.3, 0.4) is 0 Å². The molecule has 0 unspecified atom stereocenters. The summed E-state index contributed by atoms with van der Waals surface area (Å²) in [5.74, 6) is 0.216. The van der Waals surface area contributed by atoms with Gasteiger partial charge in [-0.25, -0.2) is 0 Å². The van der Waals surface area contributed by atoms with Crippen LogP contribution in [-0.4, -0.2) is 21.2 Å². The van der Waals surface area contributed by atoms with Gasteiger partial charge < -0.3 is 33.5 Å². The van der Waals surface area contributed by atoms with Crippen LogP contribution in [-0.2, 0) is 17.8 Å². The molecule has 1 aromatic heterocycles. The summed E-state index contributed by atoms with van der Waals surface area (Å²) in [5.41, 5.74) is 1.72. The average molecular weight is 560 g/mol. The summed E-state index contributed by atoms with van der Waals surface area (Å²) in [5, 5.41) is 10.7. The third kappa shape index (κ3) is 6.52. The van der Waals surface area contributed by atoms with E-state index in [1.807, 2.05) is 60.7 Å². The number of rotatable bonds is 10. The van der Waals surface area contributed by atoms with Crippen molar-refractivity contribution in [3.63, 3.8) is 0 Å². The number of phenols is 1. The van der Waals surface area contributed by atoms with Crippen LogP contribution in [0.25, 0.3) is 22.3 Å². The molecule has 0 saturated carbocycles. The Bertz CT molecular complexity index is 1710. The summed E-state index contributed by atoms with van der Waals surface area (Å²) in [6.07, 6.45) is -0.770. The van der Waals surface area contributed by atoms with Crippen molar-refractivity contribution in [2.45, 2.75) is 13.2 Å². The monoisotopic (exact) mass is 560 g/mol. The summed E-state index contributed by atoms with van der Waals surface area (Å²) in [4.78, 5) is 31.8. The zero-order valence-electron chi connectivity index (χ0n) is 21.1. The zero-order chi connectivity index (χ0) is 28.1. The molecule has 0 spiro atoms. The molecule has 3 N–H and O–H groups in total. The van der Waals surface area contributed by atoms with Gasteiger partial charge in [0.25, 0.3) is 0 Å². The molecule has 204 valence electrons. The fourth-order valence-corrected chi connectivity index (χ4v) is 4.31. The van der Waals surface area contributed by atoms with Crippen LogP contribution in [0, 0.1) is 0 Å². The molecule has 1 heterocycles. The SMILES string of the molecule is O=c1c(OCc2ccccc2)c(-c2ccc(OCP(=O)(O)O)cc2)oc2cc(OCc3ccccc3)cc(O)c12. The molecule has 0 aliphatic carbocycles. The summed E-state index contributed by atoms with van der Waals surface area (Å²) < 4.78 is 34.2. The minimum Gasteiger partial charge on any atom is -0.507 e. The molecular formula is C30H25O9P. The molecule has 0 fully saturated rings. The Morgan fingerprint density at radius 2 is 1.32 bits per heavy atom. The fraction of sp³-hybridized carbons (Fsp3) is 0.100. The van der Waals surface area contributed by atoms with E-state index >= 15 is 0 Å². The highest BCUT2D eigenvalue weighted by atomic mass is 31.2. The highest BCUT2D eigenvalue weighted by Gasteiger charge is 2.22. The smallest absolute Gasteiger partial charge is 0.362 e. The van der Waals surface area contributed by atoms with Gasteiger partial charge >= 0.3 is 7.60 Å². The van der Waals surface area contributed by atoms with E-state index in [1.165, 1.54) is 24.3 Å². The summed E-state index contributed by atoms with van der Waals surface area (Å²) in [6, 6.07) is 27.8. The first-order chi connectivity index (χ1) is 19.3. The minimum absolute atomic E-state index is 0.0551. The van der Waals surface area contributed by atoms with Gasteiger partial charge in [-0.2, -0.15) is 0 Å². The topological polar surface area (TPSA) is 136 Å². The first kappa shape index (κ1) is 27.0. The number of hydrogen-bond donors (Lipinski definition) is 3. The first-order valence-electron chi connectivity index (χ1n) is 12.2. The quantitative estimate of drug-likeness (QED) is 0.180. The van der Waals surface area contributed by atoms with Crippen LogP contribution in [0.4, 0.5) is 0 Å². The Morgan fingerprint density at radius 1 is 0.725 bits per heavy atom. The molecule has 5 aromatic rings. The van der Waals surface area contributed by atoms with Crippen molar-refractivity contribution in [3.8, 4) is 34.3 Å². The van der Waals surface area contributed by atoms with Gasteiger partial charge in [0.2, 0.25) is 11.2 Å². The van der Waals surface area contributed by atoms with Crippen molar-refractivity contribution in [1.82, 2.24) is 0 Å². The van der Waals surface area contributed by atoms with Crippen LogP contribution in [0.2, 0.25) is 0 Å². The van der Waals surface area contributed by atoms with Gasteiger partial charge in [-0.1, -0.05) is 60.7 Å². The number of benzene rings is 4. The molecule has 5 rings (SSSR count). The van der Waals surface area contributed by atoms with Gasteiger partial charge in [0.1, 0.15) is 41.4 Å². The second-order valence-corrected chi connectivity index (χ2v) is 10.5. The Kier molecular flexibility index (Phi) is 7.89. The third-order valence-electron chi connectivity index (χ3n) is 5.90. The standard InChI is InChI=1S/C30H25O9P/c31-25-15-24(36-17-20-7-3-1-4-8-20)16-26-27(25)28(32)30(37-18-21-9-5-2-6-10-21)29(39-26)22-11-13-23(14-12-22)38-19-40(33,34)35/h1-16,31H,17-19H2,(H2,33,34,35). The highest BCUT2D eigenvalue weighted by molar-refractivity contribution is 7.51. The van der Waals surface area contributed by atoms with Crippen LogP contribution in [0.5, 0.6) is 23.0 Å². The van der Waals surface area contributed by atoms with Gasteiger partial charge in [-0.15, -0.1) is 0 Å². The van der Waals surface area contributed by atoms with Crippen molar-refractivity contribution < 1.29 is 38.1 Å². The molecule has 0 aliphatic heterocycles. The van der Waals surface area contributed by atoms with Gasteiger partial charge in [0.05, 0.1) is 0 Å². The molecule has 0 atom stereocenters. The van der Waals surface area contributed by atoms with Crippen molar-refractivity contribution in [3.05, 3.63) is 118 Å². The molecule has 40 heavy (non-hydrogen) atoms. The molecule has 0 bridgehead atoms. The largest absolute Gasteiger partial charge is 0.507 e. The van der Waals surface area contributed by atoms with E-state index in [0.29, 0.717) is 11.3 Å². The third-order valence-corrected chi connectivity index (χ3v) is 6.36. The van der Waals surface area contributed by atoms with E-state index < -0.39 is 19.4 Å². The van der Waals surface area contributed by atoms with E-state index in [9.17, 15) is 14.5 Å². The normalized spacial score (nSPS) is 11.3.